The predicted molar refractivity (Wildman–Crippen MR) is 77.8 cm³/mol. The van der Waals surface area contributed by atoms with E-state index in [1.54, 1.807) is 19.9 Å². The Balaban J connectivity index is 2.60. The van der Waals surface area contributed by atoms with Crippen LogP contribution in [0.1, 0.15) is 35.7 Å². The van der Waals surface area contributed by atoms with Crippen molar-refractivity contribution in [1.82, 2.24) is 4.31 Å². The molecule has 0 spiro atoms. The smallest absolute Gasteiger partial charge is 0.337 e. The molecule has 1 amide bonds. The van der Waals surface area contributed by atoms with Gasteiger partial charge in [0.1, 0.15) is 4.90 Å². The number of sulfonamides is 1. The zero-order chi connectivity index (χ0) is 17.6. The van der Waals surface area contributed by atoms with Crippen molar-refractivity contribution in [3.63, 3.8) is 0 Å². The number of carbonyl (C=O) groups is 1. The summed E-state index contributed by atoms with van der Waals surface area (Å²) in [5.41, 5.74) is 0.462. The van der Waals surface area contributed by atoms with Crippen LogP contribution in [0.5, 0.6) is 0 Å². The minimum Gasteiger partial charge on any atom is -0.337 e. The van der Waals surface area contributed by atoms with E-state index in [-0.39, 0.29) is 20.7 Å². The third-order valence-electron chi connectivity index (χ3n) is 3.25. The van der Waals surface area contributed by atoms with Gasteiger partial charge in [0.2, 0.25) is 0 Å². The number of phosphoric acid groups is 1. The number of hydrogen-bond acceptors (Lipinski definition) is 6. The minimum atomic E-state index is -5.08. The van der Waals surface area contributed by atoms with Crippen LogP contribution >= 0.6 is 7.82 Å². The van der Waals surface area contributed by atoms with Crippen molar-refractivity contribution >= 4 is 23.8 Å². The molecule has 0 saturated heterocycles. The van der Waals surface area contributed by atoms with Crippen LogP contribution in [0.3, 0.4) is 0 Å². The number of hydrogen-bond donors (Lipinski definition) is 2. The van der Waals surface area contributed by atoms with Crippen molar-refractivity contribution in [3.8, 4) is 0 Å². The van der Waals surface area contributed by atoms with Crippen molar-refractivity contribution in [2.24, 2.45) is 0 Å². The van der Waals surface area contributed by atoms with E-state index in [4.69, 9.17) is 9.79 Å². The molecule has 0 bridgehead atoms. The molecule has 23 heavy (non-hydrogen) atoms. The molecular weight excluding hydrogens is 349 g/mol. The first-order chi connectivity index (χ1) is 10.5. The summed E-state index contributed by atoms with van der Waals surface area (Å²) in [5, 5.41) is 0. The van der Waals surface area contributed by atoms with E-state index in [0.717, 1.165) is 7.11 Å². The zero-order valence-electron chi connectivity index (χ0n) is 12.5. The molecular formula is C12H16NO8PS. The second-order valence-electron chi connectivity index (χ2n) is 5.12. The number of methoxy groups -OCH3 is 1. The van der Waals surface area contributed by atoms with Crippen molar-refractivity contribution in [1.29, 1.82) is 0 Å². The first kappa shape index (κ1) is 18.1. The molecule has 1 aliphatic rings. The average molecular weight is 365 g/mol. The Morgan fingerprint density at radius 3 is 2.35 bits per heavy atom. The van der Waals surface area contributed by atoms with Crippen LogP contribution in [-0.4, -0.2) is 41.9 Å². The number of rotatable bonds is 5. The lowest BCUT2D eigenvalue weighted by atomic mass is 9.97. The molecule has 1 unspecified atom stereocenters. The van der Waals surface area contributed by atoms with E-state index < -0.39 is 30.2 Å². The highest BCUT2D eigenvalue weighted by atomic mass is 32.2. The third kappa shape index (κ3) is 3.18. The fraction of sp³-hybridized carbons (Fsp3) is 0.417. The van der Waals surface area contributed by atoms with Crippen molar-refractivity contribution < 1.29 is 36.8 Å². The summed E-state index contributed by atoms with van der Waals surface area (Å²) in [6.45, 7) is 3.58. The second-order valence-corrected chi connectivity index (χ2v) is 8.10. The predicted octanol–water partition coefficient (Wildman–Crippen LogP) is 0.994. The first-order valence-electron chi connectivity index (χ1n) is 6.49. The van der Waals surface area contributed by atoms with Crippen molar-refractivity contribution in [2.75, 3.05) is 7.11 Å². The molecule has 1 aromatic rings. The van der Waals surface area contributed by atoms with Crippen LogP contribution in [0.4, 0.5) is 0 Å². The molecule has 1 aliphatic heterocycles. The lowest BCUT2D eigenvalue weighted by Gasteiger charge is -2.24. The number of nitrogens with zero attached hydrogens (tertiary/aromatic N) is 1. The normalized spacial score (nSPS) is 18.3. The van der Waals surface area contributed by atoms with Crippen LogP contribution in [0.25, 0.3) is 0 Å². The molecule has 2 rings (SSSR count). The number of amides is 1. The Morgan fingerprint density at radius 1 is 1.26 bits per heavy atom. The third-order valence-corrected chi connectivity index (χ3v) is 5.46. The number of benzene rings is 1. The second kappa shape index (κ2) is 5.97. The van der Waals surface area contributed by atoms with Crippen molar-refractivity contribution in [2.45, 2.75) is 31.1 Å². The largest absolute Gasteiger partial charge is 0.473 e. The average Bonchev–Trinajstić information content (AvgIpc) is 2.63. The summed E-state index contributed by atoms with van der Waals surface area (Å²) in [6.07, 6.45) is -2.07. The van der Waals surface area contributed by atoms with Gasteiger partial charge in [-0.1, -0.05) is 26.0 Å². The van der Waals surface area contributed by atoms with Gasteiger partial charge in [0.15, 0.2) is 0 Å². The van der Waals surface area contributed by atoms with E-state index in [9.17, 15) is 17.8 Å². The Labute approximate surface area is 133 Å². The molecule has 0 aliphatic carbocycles. The van der Waals surface area contributed by atoms with Gasteiger partial charge in [0, 0.05) is 7.11 Å². The van der Waals surface area contributed by atoms with Gasteiger partial charge in [-0.15, -0.1) is 0 Å². The Kier molecular flexibility index (Phi) is 4.69. The van der Waals surface area contributed by atoms with E-state index >= 15 is 0 Å². The van der Waals surface area contributed by atoms with Crippen LogP contribution in [0.15, 0.2) is 23.1 Å². The highest BCUT2D eigenvalue weighted by Crippen LogP contribution is 2.42. The fourth-order valence-corrected chi connectivity index (χ4v) is 4.38. The maximum Gasteiger partial charge on any atom is 0.473 e. The maximum absolute atomic E-state index is 12.6. The van der Waals surface area contributed by atoms with Crippen molar-refractivity contribution in [3.05, 3.63) is 29.3 Å². The molecule has 11 heteroatoms. The molecule has 1 heterocycles. The van der Waals surface area contributed by atoms with Crippen LogP contribution in [0.2, 0.25) is 0 Å². The van der Waals surface area contributed by atoms with Gasteiger partial charge in [0.25, 0.3) is 22.3 Å². The topological polar surface area (TPSA) is 130 Å². The van der Waals surface area contributed by atoms with Gasteiger partial charge in [-0.2, -0.15) is 4.31 Å². The summed E-state index contributed by atoms with van der Waals surface area (Å²) in [6, 6.07) is 4.36. The summed E-state index contributed by atoms with van der Waals surface area (Å²) >= 11 is 0. The molecule has 0 aromatic heterocycles. The lowest BCUT2D eigenvalue weighted by molar-refractivity contribution is -0.120. The van der Waals surface area contributed by atoms with Gasteiger partial charge >= 0.3 is 7.82 Å². The highest BCUT2D eigenvalue weighted by Gasteiger charge is 2.49. The monoisotopic (exact) mass is 365 g/mol. The standard InChI is InChI=1S/C12H16NO8PS/c1-7(2)8-5-4-6-9-10(8)11(14)13(23(9,18)19)12(20-3)21-22(15,16)17/h4-7,12H,1-3H3,(H2,15,16,17). The summed E-state index contributed by atoms with van der Waals surface area (Å²) in [7, 11) is -8.46. The molecule has 0 radical (unpaired) electrons. The lowest BCUT2D eigenvalue weighted by Crippen LogP contribution is -2.42. The summed E-state index contributed by atoms with van der Waals surface area (Å²) in [4.78, 5) is 30.1. The molecule has 1 aromatic carbocycles. The van der Waals surface area contributed by atoms with Gasteiger partial charge < -0.3 is 14.5 Å². The fourth-order valence-electron chi connectivity index (χ4n) is 2.31. The molecule has 1 atom stereocenters. The highest BCUT2D eigenvalue weighted by molar-refractivity contribution is 7.90. The van der Waals surface area contributed by atoms with Crippen LogP contribution in [-0.2, 0) is 23.8 Å². The Morgan fingerprint density at radius 2 is 1.87 bits per heavy atom. The number of carbonyl (C=O) groups excluding carboxylic acids is 1. The van der Waals surface area contributed by atoms with Gasteiger partial charge in [-0.3, -0.25) is 4.79 Å². The number of phosphoric ester groups is 1. The summed E-state index contributed by atoms with van der Waals surface area (Å²) < 4.78 is 45.2. The van der Waals surface area contributed by atoms with Crippen LogP contribution < -0.4 is 0 Å². The van der Waals surface area contributed by atoms with Gasteiger partial charge in [0.05, 0.1) is 5.56 Å². The SMILES string of the molecule is COC(OP(=O)(O)O)N1C(=O)c2c(C(C)C)cccc2S1(=O)=O. The zero-order valence-corrected chi connectivity index (χ0v) is 14.2. The Bertz CT molecular complexity index is 784. The molecule has 0 saturated carbocycles. The molecule has 128 valence electrons. The number of fused-ring (bicyclic) bond motifs is 1. The molecule has 0 fully saturated rings. The van der Waals surface area contributed by atoms with E-state index in [1.807, 2.05) is 0 Å². The first-order valence-corrected chi connectivity index (χ1v) is 9.46. The van der Waals surface area contributed by atoms with Gasteiger partial charge in [-0.05, 0) is 17.5 Å². The summed E-state index contributed by atoms with van der Waals surface area (Å²) in [5.74, 6) is -1.09. The number of ether oxygens (including phenoxy) is 1. The minimum absolute atomic E-state index is 0.0427. The maximum atomic E-state index is 12.6. The quantitative estimate of drug-likeness (QED) is 0.584. The van der Waals surface area contributed by atoms with Crippen LogP contribution in [0, 0.1) is 0 Å². The Hall–Kier alpha value is -1.29. The van der Waals surface area contributed by atoms with E-state index in [1.165, 1.54) is 12.1 Å². The molecule has 2 N–H and O–H groups in total. The van der Waals surface area contributed by atoms with E-state index in [2.05, 4.69) is 9.26 Å². The van der Waals surface area contributed by atoms with Gasteiger partial charge in [-0.25, -0.2) is 17.5 Å². The van der Waals surface area contributed by atoms with E-state index in [0.29, 0.717) is 5.56 Å². The molecule has 9 nitrogen and oxygen atoms in total.